The third-order valence-corrected chi connectivity index (χ3v) is 5.79. The van der Waals surface area contributed by atoms with Gasteiger partial charge in [-0.15, -0.1) is 0 Å². The highest BCUT2D eigenvalue weighted by atomic mass is 19.1. The quantitative estimate of drug-likeness (QED) is 0.501. The van der Waals surface area contributed by atoms with E-state index >= 15 is 0 Å². The molecule has 0 saturated carbocycles. The summed E-state index contributed by atoms with van der Waals surface area (Å²) in [6.45, 7) is 3.65. The van der Waals surface area contributed by atoms with Gasteiger partial charge in [0.15, 0.2) is 0 Å². The maximum absolute atomic E-state index is 13.6. The van der Waals surface area contributed by atoms with Crippen molar-refractivity contribution in [2.75, 3.05) is 13.2 Å². The van der Waals surface area contributed by atoms with Crippen LogP contribution in [0.25, 0.3) is 11.4 Å². The molecule has 33 heavy (non-hydrogen) atoms. The summed E-state index contributed by atoms with van der Waals surface area (Å²) >= 11 is 0. The fraction of sp³-hybridized carbons (Fsp3) is 0.375. The third kappa shape index (κ3) is 4.79. The van der Waals surface area contributed by atoms with Gasteiger partial charge in [0.1, 0.15) is 11.6 Å². The van der Waals surface area contributed by atoms with Gasteiger partial charge >= 0.3 is 0 Å². The Bertz CT molecular complexity index is 1140. The Morgan fingerprint density at radius 2 is 1.94 bits per heavy atom. The number of carbonyl (C=O) groups is 1. The van der Waals surface area contributed by atoms with Crippen molar-refractivity contribution >= 4 is 5.91 Å². The summed E-state index contributed by atoms with van der Waals surface area (Å²) in [4.78, 5) is 19.2. The molecular formula is C24H27F2N5O2. The molecule has 4 rings (SSSR count). The monoisotopic (exact) mass is 455 g/mol. The molecule has 2 aromatic heterocycles. The van der Waals surface area contributed by atoms with Crippen molar-refractivity contribution in [3.05, 3.63) is 70.5 Å². The molecule has 2 N–H and O–H groups in total. The molecule has 0 radical (unpaired) electrons. The van der Waals surface area contributed by atoms with Gasteiger partial charge in [0, 0.05) is 50.6 Å². The van der Waals surface area contributed by atoms with Crippen LogP contribution < -0.4 is 5.73 Å². The lowest BCUT2D eigenvalue weighted by Gasteiger charge is -2.26. The van der Waals surface area contributed by atoms with Gasteiger partial charge in [-0.05, 0) is 42.2 Å². The number of ether oxygens (including phenoxy) is 1. The summed E-state index contributed by atoms with van der Waals surface area (Å²) in [6.07, 6.45) is 4.52. The Hall–Kier alpha value is -3.17. The maximum Gasteiger partial charge on any atom is 0.256 e. The van der Waals surface area contributed by atoms with Gasteiger partial charge in [-0.25, -0.2) is 8.78 Å². The molecule has 1 aliphatic rings. The van der Waals surface area contributed by atoms with Gasteiger partial charge < -0.3 is 15.4 Å². The first kappa shape index (κ1) is 23.0. The summed E-state index contributed by atoms with van der Waals surface area (Å²) in [5.74, 6) is -1.49. The summed E-state index contributed by atoms with van der Waals surface area (Å²) in [6, 6.07) is 4.85. The van der Waals surface area contributed by atoms with E-state index in [-0.39, 0.29) is 18.9 Å². The van der Waals surface area contributed by atoms with E-state index in [1.165, 1.54) is 12.1 Å². The molecule has 1 aliphatic heterocycles. The van der Waals surface area contributed by atoms with Crippen molar-refractivity contribution in [2.24, 2.45) is 12.8 Å². The smallest absolute Gasteiger partial charge is 0.256 e. The van der Waals surface area contributed by atoms with Crippen molar-refractivity contribution in [2.45, 2.75) is 39.0 Å². The first-order valence-electron chi connectivity index (χ1n) is 10.9. The van der Waals surface area contributed by atoms with Crippen LogP contribution in [0.2, 0.25) is 0 Å². The van der Waals surface area contributed by atoms with Crippen LogP contribution >= 0.6 is 0 Å². The molecule has 0 saturated heterocycles. The highest BCUT2D eigenvalue weighted by molar-refractivity contribution is 5.98. The number of nitrogens with zero attached hydrogens (tertiary/aromatic N) is 4. The van der Waals surface area contributed by atoms with Crippen LogP contribution in [-0.4, -0.2) is 44.8 Å². The number of nitrogens with two attached hydrogens (primary N) is 1. The van der Waals surface area contributed by atoms with E-state index in [0.29, 0.717) is 36.6 Å². The van der Waals surface area contributed by atoms with Gasteiger partial charge in [0.05, 0.1) is 29.8 Å². The molecule has 0 unspecified atom stereocenters. The number of aromatic nitrogens is 3. The molecule has 7 nitrogen and oxygen atoms in total. The zero-order chi connectivity index (χ0) is 23.5. The van der Waals surface area contributed by atoms with E-state index in [4.69, 9.17) is 10.5 Å². The summed E-state index contributed by atoms with van der Waals surface area (Å²) in [7, 11) is 1.84. The zero-order valence-electron chi connectivity index (χ0n) is 18.7. The van der Waals surface area contributed by atoms with Gasteiger partial charge in [-0.1, -0.05) is 6.92 Å². The Morgan fingerprint density at radius 3 is 2.64 bits per heavy atom. The van der Waals surface area contributed by atoms with E-state index in [1.807, 2.05) is 20.0 Å². The van der Waals surface area contributed by atoms with Crippen LogP contribution in [0.5, 0.6) is 0 Å². The van der Waals surface area contributed by atoms with Crippen LogP contribution in [0.15, 0.2) is 36.7 Å². The minimum atomic E-state index is -0.652. The Labute approximate surface area is 191 Å². The number of aryl methyl sites for hydroxylation is 1. The second-order valence-corrected chi connectivity index (χ2v) is 8.23. The lowest BCUT2D eigenvalue weighted by molar-refractivity contribution is 0.0708. The van der Waals surface area contributed by atoms with Gasteiger partial charge in [0.2, 0.25) is 0 Å². The minimum absolute atomic E-state index is 0.165. The fourth-order valence-corrected chi connectivity index (χ4v) is 4.22. The SMILES string of the molecule is CCCOCc1cnn(C)c1-c1cc2c(cn1)C(=O)N([C@H](CN)Cc1cc(F)cc(F)c1)C2. The molecule has 0 bridgehead atoms. The molecular weight excluding hydrogens is 428 g/mol. The van der Waals surface area contributed by atoms with Crippen LogP contribution in [0.1, 0.15) is 40.4 Å². The predicted octanol–water partition coefficient (Wildman–Crippen LogP) is 3.21. The average molecular weight is 456 g/mol. The molecule has 0 aliphatic carbocycles. The minimum Gasteiger partial charge on any atom is -0.377 e. The maximum atomic E-state index is 13.6. The predicted molar refractivity (Wildman–Crippen MR) is 119 cm³/mol. The number of halogens is 2. The first-order valence-corrected chi connectivity index (χ1v) is 10.9. The summed E-state index contributed by atoms with van der Waals surface area (Å²) < 4.78 is 34.7. The standard InChI is InChI=1S/C24H27F2N5O2/c1-3-4-33-14-17-11-29-30(2)23(17)22-8-16-13-31(24(32)21(16)12-28-22)20(10-27)7-15-5-18(25)9-19(26)6-15/h5-6,8-9,11-12,20H,3-4,7,10,13-14,27H2,1-2H3/t20-/m0/s1. The van der Waals surface area contributed by atoms with Crippen LogP contribution in [0.3, 0.4) is 0 Å². The van der Waals surface area contributed by atoms with Crippen LogP contribution in [0, 0.1) is 11.6 Å². The topological polar surface area (TPSA) is 86.3 Å². The average Bonchev–Trinajstić information content (AvgIpc) is 3.31. The van der Waals surface area contributed by atoms with E-state index in [9.17, 15) is 13.6 Å². The van der Waals surface area contributed by atoms with E-state index in [1.54, 1.807) is 22.0 Å². The highest BCUT2D eigenvalue weighted by Gasteiger charge is 2.33. The van der Waals surface area contributed by atoms with Crippen molar-refractivity contribution in [1.82, 2.24) is 19.7 Å². The number of rotatable bonds is 9. The second kappa shape index (κ2) is 9.76. The molecule has 1 atom stereocenters. The Morgan fingerprint density at radius 1 is 1.18 bits per heavy atom. The molecule has 3 heterocycles. The van der Waals surface area contributed by atoms with Crippen LogP contribution in [0.4, 0.5) is 8.78 Å². The van der Waals surface area contributed by atoms with Crippen LogP contribution in [-0.2, 0) is 31.4 Å². The number of fused-ring (bicyclic) bond motifs is 1. The molecule has 0 spiro atoms. The first-order chi connectivity index (χ1) is 15.9. The largest absolute Gasteiger partial charge is 0.377 e. The van der Waals surface area contributed by atoms with Gasteiger partial charge in [-0.3, -0.25) is 14.5 Å². The Kier molecular flexibility index (Phi) is 6.80. The van der Waals surface area contributed by atoms with E-state index in [0.717, 1.165) is 29.3 Å². The van der Waals surface area contributed by atoms with Gasteiger partial charge in [0.25, 0.3) is 5.91 Å². The van der Waals surface area contributed by atoms with Crippen molar-refractivity contribution in [1.29, 1.82) is 0 Å². The molecule has 1 amide bonds. The molecule has 3 aromatic rings. The van der Waals surface area contributed by atoms with E-state index in [2.05, 4.69) is 10.1 Å². The Balaban J connectivity index is 1.57. The molecule has 9 heteroatoms. The van der Waals surface area contributed by atoms with Crippen molar-refractivity contribution < 1.29 is 18.3 Å². The number of pyridine rings is 1. The number of amides is 1. The lowest BCUT2D eigenvalue weighted by Crippen LogP contribution is -2.42. The molecule has 0 fully saturated rings. The number of hydrogen-bond acceptors (Lipinski definition) is 5. The molecule has 174 valence electrons. The normalized spacial score (nSPS) is 14.1. The van der Waals surface area contributed by atoms with Crippen molar-refractivity contribution in [3.63, 3.8) is 0 Å². The van der Waals surface area contributed by atoms with Gasteiger partial charge in [-0.2, -0.15) is 5.10 Å². The number of carbonyl (C=O) groups excluding carboxylic acids is 1. The highest BCUT2D eigenvalue weighted by Crippen LogP contribution is 2.30. The summed E-state index contributed by atoms with van der Waals surface area (Å²) in [5, 5.41) is 4.34. The lowest BCUT2D eigenvalue weighted by atomic mass is 10.0. The third-order valence-electron chi connectivity index (χ3n) is 5.79. The second-order valence-electron chi connectivity index (χ2n) is 8.23. The zero-order valence-corrected chi connectivity index (χ0v) is 18.7. The fourth-order valence-electron chi connectivity index (χ4n) is 4.22. The summed E-state index contributed by atoms with van der Waals surface area (Å²) in [5.41, 5.74) is 10.2. The molecule has 1 aromatic carbocycles. The number of benzene rings is 1. The number of hydrogen-bond donors (Lipinski definition) is 1. The van der Waals surface area contributed by atoms with E-state index < -0.39 is 17.7 Å². The van der Waals surface area contributed by atoms with Crippen molar-refractivity contribution in [3.8, 4) is 11.4 Å².